The zero-order valence-corrected chi connectivity index (χ0v) is 15.5. The molecule has 0 atom stereocenters. The van der Waals surface area contributed by atoms with Crippen molar-refractivity contribution in [2.75, 3.05) is 0 Å². The number of carbonyl (C=O) groups is 2. The predicted molar refractivity (Wildman–Crippen MR) is 96.5 cm³/mol. The second-order valence-corrected chi connectivity index (χ2v) is 7.97. The third kappa shape index (κ3) is 5.48. The average molecular weight is 395 g/mol. The van der Waals surface area contributed by atoms with Gasteiger partial charge in [0.05, 0.1) is 8.66 Å². The molecule has 0 saturated carbocycles. The molecule has 4 nitrogen and oxygen atoms in total. The molecule has 1 aromatic carbocycles. The van der Waals surface area contributed by atoms with Crippen LogP contribution in [0.15, 0.2) is 40.2 Å². The molecule has 0 saturated heterocycles. The maximum Gasteiger partial charge on any atom is 0.279 e. The van der Waals surface area contributed by atoms with Gasteiger partial charge in [-0.1, -0.05) is 38.1 Å². The lowest BCUT2D eigenvalue weighted by molar-refractivity contribution is -0.121. The normalized spacial score (nSPS) is 10.6. The lowest BCUT2D eigenvalue weighted by Crippen LogP contribution is -2.41. The van der Waals surface area contributed by atoms with E-state index in [-0.39, 0.29) is 11.8 Å². The number of halogens is 1. The largest absolute Gasteiger partial charge is 0.279 e. The highest BCUT2D eigenvalue weighted by atomic mass is 79.9. The van der Waals surface area contributed by atoms with E-state index in [4.69, 9.17) is 0 Å². The Hall–Kier alpha value is -1.66. The van der Waals surface area contributed by atoms with Gasteiger partial charge in [0.25, 0.3) is 5.91 Å². The van der Waals surface area contributed by atoms with Crippen LogP contribution in [0.5, 0.6) is 0 Å². The zero-order chi connectivity index (χ0) is 16.8. The molecule has 0 radical (unpaired) electrons. The lowest BCUT2D eigenvalue weighted by Gasteiger charge is -2.08. The number of hydrogen-bond donors (Lipinski definition) is 2. The van der Waals surface area contributed by atoms with Crippen molar-refractivity contribution in [3.8, 4) is 0 Å². The number of hydrazine groups is 1. The van der Waals surface area contributed by atoms with Crippen LogP contribution in [0.3, 0.4) is 0 Å². The van der Waals surface area contributed by atoms with E-state index in [1.54, 1.807) is 12.1 Å². The molecule has 0 aliphatic heterocycles. The van der Waals surface area contributed by atoms with Crippen molar-refractivity contribution < 1.29 is 9.59 Å². The highest BCUT2D eigenvalue weighted by Crippen LogP contribution is 2.21. The van der Waals surface area contributed by atoms with E-state index < -0.39 is 0 Å². The molecule has 23 heavy (non-hydrogen) atoms. The summed E-state index contributed by atoms with van der Waals surface area (Å²) in [5, 5.41) is 0. The summed E-state index contributed by atoms with van der Waals surface area (Å²) in [4.78, 5) is 24.1. The van der Waals surface area contributed by atoms with Gasteiger partial charge in [-0.2, -0.15) is 0 Å². The third-order valence-electron chi connectivity index (χ3n) is 3.40. The Balaban J connectivity index is 1.75. The molecule has 0 fully saturated rings. The smallest absolute Gasteiger partial charge is 0.273 e. The van der Waals surface area contributed by atoms with Gasteiger partial charge in [0, 0.05) is 6.42 Å². The van der Waals surface area contributed by atoms with Gasteiger partial charge in [-0.25, -0.2) is 0 Å². The molecule has 6 heteroatoms. The minimum absolute atomic E-state index is 0.207. The van der Waals surface area contributed by atoms with Crippen LogP contribution in [0.1, 0.15) is 47.0 Å². The first-order valence-electron chi connectivity index (χ1n) is 7.39. The van der Waals surface area contributed by atoms with Crippen LogP contribution in [-0.2, 0) is 11.2 Å². The number of benzene rings is 1. The van der Waals surface area contributed by atoms with Crippen LogP contribution in [0.4, 0.5) is 0 Å². The monoisotopic (exact) mass is 394 g/mol. The van der Waals surface area contributed by atoms with Crippen LogP contribution >= 0.6 is 27.3 Å². The van der Waals surface area contributed by atoms with E-state index >= 15 is 0 Å². The first kappa shape index (κ1) is 17.7. The maximum absolute atomic E-state index is 11.8. The molecule has 122 valence electrons. The summed E-state index contributed by atoms with van der Waals surface area (Å²) in [7, 11) is 0. The minimum atomic E-state index is -0.310. The van der Waals surface area contributed by atoms with Gasteiger partial charge in [0.1, 0.15) is 0 Å². The number of thiophene rings is 1. The molecule has 1 aromatic heterocycles. The third-order valence-corrected chi connectivity index (χ3v) is 5.02. The Bertz CT molecular complexity index is 680. The molecule has 2 rings (SSSR count). The van der Waals surface area contributed by atoms with Gasteiger partial charge in [-0.3, -0.25) is 20.4 Å². The van der Waals surface area contributed by atoms with Crippen molar-refractivity contribution in [2.45, 2.75) is 32.6 Å². The summed E-state index contributed by atoms with van der Waals surface area (Å²) >= 11 is 4.61. The summed E-state index contributed by atoms with van der Waals surface area (Å²) in [6, 6.07) is 11.8. The summed E-state index contributed by atoms with van der Waals surface area (Å²) in [6.07, 6.45) is 0.972. The first-order chi connectivity index (χ1) is 11.0. The Morgan fingerprint density at radius 2 is 1.78 bits per heavy atom. The van der Waals surface area contributed by atoms with Crippen molar-refractivity contribution in [2.24, 2.45) is 0 Å². The van der Waals surface area contributed by atoms with Crippen molar-refractivity contribution in [3.63, 3.8) is 0 Å². The Morgan fingerprint density at radius 3 is 2.35 bits per heavy atom. The summed E-state index contributed by atoms with van der Waals surface area (Å²) in [6.45, 7) is 4.30. The van der Waals surface area contributed by atoms with Crippen LogP contribution in [-0.4, -0.2) is 11.8 Å². The van der Waals surface area contributed by atoms with Crippen LogP contribution < -0.4 is 10.9 Å². The molecule has 0 aliphatic carbocycles. The van der Waals surface area contributed by atoms with E-state index in [0.29, 0.717) is 23.6 Å². The van der Waals surface area contributed by atoms with E-state index in [9.17, 15) is 9.59 Å². The average Bonchev–Trinajstić information content (AvgIpc) is 2.97. The molecule has 2 aromatic rings. The summed E-state index contributed by atoms with van der Waals surface area (Å²) in [5.74, 6) is -0.0166. The molecule has 2 amide bonds. The summed E-state index contributed by atoms with van der Waals surface area (Å²) in [5.41, 5.74) is 7.26. The van der Waals surface area contributed by atoms with E-state index in [1.807, 2.05) is 12.1 Å². The predicted octanol–water partition coefficient (Wildman–Crippen LogP) is 4.03. The van der Waals surface area contributed by atoms with Crippen LogP contribution in [0.2, 0.25) is 0 Å². The van der Waals surface area contributed by atoms with Crippen molar-refractivity contribution in [3.05, 3.63) is 56.2 Å². The SMILES string of the molecule is CC(C)c1ccc(CCC(=O)NNC(=O)c2ccc(Br)s2)cc1. The Labute approximate surface area is 148 Å². The molecular formula is C17H19BrN2O2S. The minimum Gasteiger partial charge on any atom is -0.273 e. The van der Waals surface area contributed by atoms with Gasteiger partial charge in [0.15, 0.2) is 0 Å². The molecule has 0 bridgehead atoms. The van der Waals surface area contributed by atoms with Crippen molar-refractivity contribution in [1.82, 2.24) is 10.9 Å². The molecule has 0 spiro atoms. The Kier molecular flexibility index (Phi) is 6.36. The van der Waals surface area contributed by atoms with Crippen molar-refractivity contribution >= 4 is 39.1 Å². The lowest BCUT2D eigenvalue weighted by atomic mass is 10.0. The molecule has 0 aliphatic rings. The maximum atomic E-state index is 11.8. The number of nitrogens with one attached hydrogen (secondary N) is 2. The highest BCUT2D eigenvalue weighted by molar-refractivity contribution is 9.11. The van der Waals surface area contributed by atoms with E-state index in [0.717, 1.165) is 9.35 Å². The fourth-order valence-electron chi connectivity index (χ4n) is 2.01. The highest BCUT2D eigenvalue weighted by Gasteiger charge is 2.09. The van der Waals surface area contributed by atoms with Gasteiger partial charge in [-0.15, -0.1) is 11.3 Å². The molecular weight excluding hydrogens is 376 g/mol. The number of carbonyl (C=O) groups excluding carboxylic acids is 2. The van der Waals surface area contributed by atoms with Crippen LogP contribution in [0, 0.1) is 0 Å². The number of rotatable bonds is 5. The first-order valence-corrected chi connectivity index (χ1v) is 9.00. The quantitative estimate of drug-likeness (QED) is 0.752. The second kappa shape index (κ2) is 8.26. The standard InChI is InChI=1S/C17H19BrN2O2S/c1-11(2)13-6-3-12(4-7-13)5-10-16(21)19-20-17(22)14-8-9-15(18)23-14/h3-4,6-9,11H,5,10H2,1-2H3,(H,19,21)(H,20,22). The van der Waals surface area contributed by atoms with Gasteiger partial charge < -0.3 is 0 Å². The molecule has 2 N–H and O–H groups in total. The summed E-state index contributed by atoms with van der Waals surface area (Å²) < 4.78 is 0.874. The van der Waals surface area contributed by atoms with Crippen molar-refractivity contribution in [1.29, 1.82) is 0 Å². The molecule has 1 heterocycles. The number of aryl methyl sites for hydroxylation is 1. The fourth-order valence-corrected chi connectivity index (χ4v) is 3.30. The molecule has 0 unspecified atom stereocenters. The number of amides is 2. The number of hydrogen-bond acceptors (Lipinski definition) is 3. The van der Waals surface area contributed by atoms with Gasteiger partial charge >= 0.3 is 0 Å². The van der Waals surface area contributed by atoms with E-state index in [1.165, 1.54) is 16.9 Å². The Morgan fingerprint density at radius 1 is 1.09 bits per heavy atom. The van der Waals surface area contributed by atoms with E-state index in [2.05, 4.69) is 52.8 Å². The second-order valence-electron chi connectivity index (χ2n) is 5.50. The fraction of sp³-hybridized carbons (Fsp3) is 0.294. The topological polar surface area (TPSA) is 58.2 Å². The van der Waals surface area contributed by atoms with Crippen LogP contribution in [0.25, 0.3) is 0 Å². The van der Waals surface area contributed by atoms with Gasteiger partial charge in [-0.05, 0) is 51.5 Å². The van der Waals surface area contributed by atoms with Gasteiger partial charge in [0.2, 0.25) is 5.91 Å². The zero-order valence-electron chi connectivity index (χ0n) is 13.1.